The Morgan fingerprint density at radius 3 is 1.67 bits per heavy atom. The van der Waals surface area contributed by atoms with Gasteiger partial charge >= 0.3 is 0 Å². The van der Waals surface area contributed by atoms with Crippen molar-refractivity contribution in [3.05, 3.63) is 0 Å². The summed E-state index contributed by atoms with van der Waals surface area (Å²) in [4.78, 5) is 0. The lowest BCUT2D eigenvalue weighted by Gasteiger charge is -2.15. The van der Waals surface area contributed by atoms with E-state index in [1.54, 1.807) is 0 Å². The monoisotopic (exact) mass is 321 g/mol. The Labute approximate surface area is 131 Å². The predicted octanol–water partition coefficient (Wildman–Crippen LogP) is 4.51. The summed E-state index contributed by atoms with van der Waals surface area (Å²) in [6.45, 7) is 9.07. The summed E-state index contributed by atoms with van der Waals surface area (Å²) in [7, 11) is -4.52. The molecule has 21 heavy (non-hydrogen) atoms. The fourth-order valence-electron chi connectivity index (χ4n) is 2.57. The van der Waals surface area contributed by atoms with E-state index in [2.05, 4.69) is 31.9 Å². The summed E-state index contributed by atoms with van der Waals surface area (Å²) < 4.78 is 35.0. The molecule has 0 saturated carbocycles. The van der Waals surface area contributed by atoms with Crippen LogP contribution < -0.4 is 0 Å². The van der Waals surface area contributed by atoms with E-state index >= 15 is 0 Å². The molecule has 2 atom stereocenters. The van der Waals surface area contributed by atoms with E-state index in [0.717, 1.165) is 18.3 Å². The lowest BCUT2D eigenvalue weighted by Crippen LogP contribution is -2.07. The smallest absolute Gasteiger partial charge is 0.217 e. The second-order valence-corrected chi connectivity index (χ2v) is 7.89. The van der Waals surface area contributed by atoms with Crippen molar-refractivity contribution in [2.75, 3.05) is 6.61 Å². The van der Waals surface area contributed by atoms with E-state index in [-0.39, 0.29) is 6.61 Å². The van der Waals surface area contributed by atoms with Crippen LogP contribution in [-0.2, 0) is 14.6 Å². The van der Waals surface area contributed by atoms with Gasteiger partial charge in [-0.1, -0.05) is 66.2 Å². The van der Waals surface area contributed by atoms with Crippen LogP contribution in [0.4, 0.5) is 0 Å². The van der Waals surface area contributed by atoms with Gasteiger partial charge in [0.2, 0.25) is 10.4 Å². The average Bonchev–Trinajstić information content (AvgIpc) is 2.33. The molecule has 0 rings (SSSR count). The highest BCUT2D eigenvalue weighted by molar-refractivity contribution is 7.80. The molecule has 0 amide bonds. The van der Waals surface area contributed by atoms with Gasteiger partial charge in [-0.05, 0) is 30.6 Å². The molecular formula is C16H33O4S-. The van der Waals surface area contributed by atoms with Crippen molar-refractivity contribution in [1.82, 2.24) is 0 Å². The van der Waals surface area contributed by atoms with Crippen LogP contribution in [0.2, 0.25) is 0 Å². The normalized spacial score (nSPS) is 15.3. The van der Waals surface area contributed by atoms with Crippen molar-refractivity contribution in [3.63, 3.8) is 0 Å². The maximum absolute atomic E-state index is 10.3. The first-order chi connectivity index (χ1) is 9.70. The molecule has 0 spiro atoms. The lowest BCUT2D eigenvalue weighted by atomic mass is 9.92. The van der Waals surface area contributed by atoms with Gasteiger partial charge in [-0.15, -0.1) is 0 Å². The van der Waals surface area contributed by atoms with E-state index in [9.17, 15) is 13.0 Å². The summed E-state index contributed by atoms with van der Waals surface area (Å²) in [5.74, 6) is 2.16. The van der Waals surface area contributed by atoms with E-state index < -0.39 is 10.4 Å². The van der Waals surface area contributed by atoms with Crippen LogP contribution in [0.25, 0.3) is 0 Å². The molecule has 0 aromatic heterocycles. The van der Waals surface area contributed by atoms with E-state index in [0.29, 0.717) is 12.3 Å². The molecule has 0 heterocycles. The molecule has 0 aromatic carbocycles. The summed E-state index contributed by atoms with van der Waals surface area (Å²) in [5, 5.41) is 0. The Kier molecular flexibility index (Phi) is 11.4. The first kappa shape index (κ1) is 20.9. The highest BCUT2D eigenvalue weighted by Gasteiger charge is 2.06. The van der Waals surface area contributed by atoms with Crippen LogP contribution in [0.5, 0.6) is 0 Å². The van der Waals surface area contributed by atoms with Gasteiger partial charge in [0.15, 0.2) is 0 Å². The fraction of sp³-hybridized carbons (Fsp3) is 1.00. The van der Waals surface area contributed by atoms with Crippen molar-refractivity contribution < 1.29 is 17.2 Å². The van der Waals surface area contributed by atoms with E-state index in [1.807, 2.05) is 0 Å². The molecule has 0 radical (unpaired) electrons. The van der Waals surface area contributed by atoms with Crippen LogP contribution in [0.3, 0.4) is 0 Å². The highest BCUT2D eigenvalue weighted by atomic mass is 32.3. The van der Waals surface area contributed by atoms with Crippen LogP contribution in [0.1, 0.15) is 79.1 Å². The first-order valence-corrected chi connectivity index (χ1v) is 9.64. The Morgan fingerprint density at radius 2 is 1.24 bits per heavy atom. The minimum Gasteiger partial charge on any atom is -0.726 e. The topological polar surface area (TPSA) is 66.4 Å². The molecule has 4 nitrogen and oxygen atoms in total. The number of hydrogen-bond donors (Lipinski definition) is 0. The zero-order valence-corrected chi connectivity index (χ0v) is 15.0. The summed E-state index contributed by atoms with van der Waals surface area (Å²) in [6, 6.07) is 0. The van der Waals surface area contributed by atoms with Crippen molar-refractivity contribution in [3.8, 4) is 0 Å². The second kappa shape index (κ2) is 11.4. The Morgan fingerprint density at radius 1 is 0.810 bits per heavy atom. The fourth-order valence-corrected chi connectivity index (χ4v) is 2.89. The van der Waals surface area contributed by atoms with Gasteiger partial charge in [0.1, 0.15) is 0 Å². The maximum atomic E-state index is 10.3. The third-order valence-electron chi connectivity index (χ3n) is 3.94. The van der Waals surface area contributed by atoms with Gasteiger partial charge < -0.3 is 4.55 Å². The lowest BCUT2D eigenvalue weighted by molar-refractivity contribution is 0.248. The van der Waals surface area contributed by atoms with Crippen molar-refractivity contribution >= 4 is 10.4 Å². The molecule has 0 saturated heterocycles. The van der Waals surface area contributed by atoms with Crippen LogP contribution in [0.15, 0.2) is 0 Å². The molecule has 0 aromatic rings. The van der Waals surface area contributed by atoms with Gasteiger partial charge in [0, 0.05) is 0 Å². The van der Waals surface area contributed by atoms with Crippen LogP contribution in [-0.4, -0.2) is 19.6 Å². The maximum Gasteiger partial charge on any atom is 0.217 e. The van der Waals surface area contributed by atoms with Crippen LogP contribution in [0, 0.1) is 17.8 Å². The van der Waals surface area contributed by atoms with E-state index in [4.69, 9.17) is 0 Å². The minimum absolute atomic E-state index is 0.0157. The zero-order valence-electron chi connectivity index (χ0n) is 14.1. The van der Waals surface area contributed by atoms with Crippen LogP contribution >= 0.6 is 0 Å². The molecule has 0 bridgehead atoms. The van der Waals surface area contributed by atoms with Gasteiger partial charge in [-0.2, -0.15) is 0 Å². The van der Waals surface area contributed by atoms with Gasteiger partial charge in [-0.3, -0.25) is 4.18 Å². The third-order valence-corrected chi connectivity index (χ3v) is 4.40. The molecular weight excluding hydrogens is 288 g/mol. The molecule has 0 fully saturated rings. The molecule has 5 heteroatoms. The third kappa shape index (κ3) is 16.1. The minimum atomic E-state index is -4.52. The standard InChI is InChI=1S/C16H34O4S/c1-14(2)8-5-9-15(3)10-6-11-16(4)12-7-13-20-21(17,18)19/h14-16H,5-13H2,1-4H3,(H,17,18,19)/p-1. The molecule has 2 unspecified atom stereocenters. The van der Waals surface area contributed by atoms with Crippen molar-refractivity contribution in [2.24, 2.45) is 17.8 Å². The van der Waals surface area contributed by atoms with Crippen molar-refractivity contribution in [2.45, 2.75) is 79.1 Å². The quantitative estimate of drug-likeness (QED) is 0.284. The molecule has 0 aliphatic carbocycles. The highest BCUT2D eigenvalue weighted by Crippen LogP contribution is 2.20. The molecule has 0 aliphatic rings. The summed E-state index contributed by atoms with van der Waals surface area (Å²) in [6.07, 6.45) is 9.18. The molecule has 128 valence electrons. The first-order valence-electron chi connectivity index (χ1n) is 8.31. The zero-order chi connectivity index (χ0) is 16.3. The SMILES string of the molecule is CC(C)CCCC(C)CCCC(C)CCCOS(=O)(=O)[O-]. The molecule has 0 aliphatic heterocycles. The predicted molar refractivity (Wildman–Crippen MR) is 85.8 cm³/mol. The summed E-state index contributed by atoms with van der Waals surface area (Å²) in [5.41, 5.74) is 0. The molecule has 0 N–H and O–H groups in total. The van der Waals surface area contributed by atoms with Gasteiger partial charge in [-0.25, -0.2) is 8.42 Å². The second-order valence-electron chi connectivity index (χ2n) is 6.84. The van der Waals surface area contributed by atoms with Gasteiger partial charge in [0.05, 0.1) is 6.61 Å². The van der Waals surface area contributed by atoms with Crippen molar-refractivity contribution in [1.29, 1.82) is 0 Å². The number of hydrogen-bond acceptors (Lipinski definition) is 4. The summed E-state index contributed by atoms with van der Waals surface area (Å²) >= 11 is 0. The Bertz CT molecular complexity index is 338. The van der Waals surface area contributed by atoms with Gasteiger partial charge in [0.25, 0.3) is 0 Å². The number of rotatable bonds is 13. The Balaban J connectivity index is 3.50. The largest absolute Gasteiger partial charge is 0.726 e. The Hall–Kier alpha value is -0.130. The van der Waals surface area contributed by atoms with E-state index in [1.165, 1.54) is 38.5 Å². The average molecular weight is 322 g/mol.